The van der Waals surface area contributed by atoms with Crippen LogP contribution in [0.25, 0.3) is 0 Å². The Morgan fingerprint density at radius 1 is 0.434 bits per heavy atom. The third kappa shape index (κ3) is 12.5. The Hall–Kier alpha value is -2.94. The molecule has 0 aromatic heterocycles. The highest BCUT2D eigenvalue weighted by Crippen LogP contribution is 2.48. The molecule has 3 N–H and O–H groups in total. The molecular weight excluding hydrogens is 649 g/mol. The minimum absolute atomic E-state index is 0.0477. The molecule has 1 unspecified atom stereocenters. The Bertz CT molecular complexity index is 1460. The van der Waals surface area contributed by atoms with Gasteiger partial charge < -0.3 is 15.3 Å². The highest BCUT2D eigenvalue weighted by atomic mass is 16.3. The predicted molar refractivity (Wildman–Crippen MR) is 229 cm³/mol. The normalized spacial score (nSPS) is 13.2. The highest BCUT2D eigenvalue weighted by molar-refractivity contribution is 5.51. The monoisotopic (exact) mass is 727 g/mol. The number of phenols is 3. The summed E-state index contributed by atoms with van der Waals surface area (Å²) in [5, 5.41) is 32.6. The maximum Gasteiger partial charge on any atom is 0.115 e. The van der Waals surface area contributed by atoms with E-state index in [1.807, 2.05) is 36.4 Å². The van der Waals surface area contributed by atoms with Crippen molar-refractivity contribution in [2.75, 3.05) is 0 Å². The summed E-state index contributed by atoms with van der Waals surface area (Å²) in [6, 6.07) is 18.2. The number of rotatable bonds is 24. The average molecular weight is 727 g/mol. The second kappa shape index (κ2) is 20.7. The van der Waals surface area contributed by atoms with E-state index in [9.17, 15) is 15.3 Å². The van der Waals surface area contributed by atoms with Crippen LogP contribution in [0.4, 0.5) is 0 Å². The second-order valence-corrected chi connectivity index (χ2v) is 18.2. The highest BCUT2D eigenvalue weighted by Gasteiger charge is 2.34. The second-order valence-electron chi connectivity index (χ2n) is 18.2. The molecule has 0 spiro atoms. The van der Waals surface area contributed by atoms with Crippen molar-refractivity contribution in [2.45, 2.75) is 206 Å². The lowest BCUT2D eigenvalue weighted by Gasteiger charge is -2.36. The third-order valence-corrected chi connectivity index (χ3v) is 13.1. The van der Waals surface area contributed by atoms with Crippen molar-refractivity contribution in [1.29, 1.82) is 0 Å². The first-order chi connectivity index (χ1) is 25.1. The first-order valence-electron chi connectivity index (χ1n) is 21.6. The van der Waals surface area contributed by atoms with E-state index in [-0.39, 0.29) is 28.1 Å². The van der Waals surface area contributed by atoms with Crippen LogP contribution in [0.2, 0.25) is 0 Å². The molecular formula is C50H78O3. The molecule has 0 bridgehead atoms. The number of benzene rings is 3. The minimum atomic E-state index is -0.136. The molecule has 296 valence electrons. The minimum Gasteiger partial charge on any atom is -0.508 e. The maximum absolute atomic E-state index is 10.9. The van der Waals surface area contributed by atoms with Crippen molar-refractivity contribution in [1.82, 2.24) is 0 Å². The van der Waals surface area contributed by atoms with Crippen LogP contribution in [-0.2, 0) is 16.2 Å². The molecule has 53 heavy (non-hydrogen) atoms. The molecule has 3 aromatic rings. The Kier molecular flexibility index (Phi) is 17.3. The number of aromatic hydroxyl groups is 3. The van der Waals surface area contributed by atoms with E-state index in [1.165, 1.54) is 110 Å². The van der Waals surface area contributed by atoms with Gasteiger partial charge in [-0.05, 0) is 124 Å². The first-order valence-corrected chi connectivity index (χ1v) is 21.6. The summed E-state index contributed by atoms with van der Waals surface area (Å²) in [4.78, 5) is 0. The van der Waals surface area contributed by atoms with Gasteiger partial charge in [0.15, 0.2) is 0 Å². The van der Waals surface area contributed by atoms with Gasteiger partial charge in [0.25, 0.3) is 0 Å². The molecule has 0 saturated carbocycles. The lowest BCUT2D eigenvalue weighted by molar-refractivity contribution is 0.437. The summed E-state index contributed by atoms with van der Waals surface area (Å²) in [5.74, 6) is 1.26. The maximum atomic E-state index is 10.9. The van der Waals surface area contributed by atoms with Gasteiger partial charge in [-0.1, -0.05) is 164 Å². The molecule has 0 fully saturated rings. The third-order valence-electron chi connectivity index (χ3n) is 13.1. The van der Waals surface area contributed by atoms with Crippen LogP contribution >= 0.6 is 0 Å². The number of unbranched alkanes of at least 4 members (excludes halogenated alkanes) is 11. The number of phenolic OH excluding ortho intramolecular Hbond substituents is 3. The molecule has 3 heteroatoms. The predicted octanol–water partition coefficient (Wildman–Crippen LogP) is 15.3. The van der Waals surface area contributed by atoms with Gasteiger partial charge in [0, 0.05) is 5.92 Å². The fraction of sp³-hybridized carbons (Fsp3) is 0.640. The van der Waals surface area contributed by atoms with Crippen molar-refractivity contribution in [3.05, 3.63) is 88.0 Å². The van der Waals surface area contributed by atoms with Crippen LogP contribution in [-0.4, -0.2) is 15.3 Å². The van der Waals surface area contributed by atoms with Crippen LogP contribution in [0, 0.1) is 0 Å². The van der Waals surface area contributed by atoms with Crippen LogP contribution < -0.4 is 0 Å². The zero-order valence-corrected chi connectivity index (χ0v) is 35.7. The molecule has 3 nitrogen and oxygen atoms in total. The van der Waals surface area contributed by atoms with Gasteiger partial charge in [-0.25, -0.2) is 0 Å². The Balaban J connectivity index is 2.08. The number of hydrogen-bond donors (Lipinski definition) is 3. The van der Waals surface area contributed by atoms with Gasteiger partial charge in [0.2, 0.25) is 0 Å². The molecule has 0 aliphatic heterocycles. The van der Waals surface area contributed by atoms with Gasteiger partial charge in [0.05, 0.1) is 0 Å². The van der Waals surface area contributed by atoms with Crippen LogP contribution in [0.1, 0.15) is 224 Å². The summed E-state index contributed by atoms with van der Waals surface area (Å²) >= 11 is 0. The molecule has 0 aliphatic carbocycles. The Morgan fingerprint density at radius 3 is 1.11 bits per heavy atom. The molecule has 3 rings (SSSR count). The van der Waals surface area contributed by atoms with Gasteiger partial charge in [-0.3, -0.25) is 0 Å². The van der Waals surface area contributed by atoms with Gasteiger partial charge >= 0.3 is 0 Å². The largest absolute Gasteiger partial charge is 0.508 e. The summed E-state index contributed by atoms with van der Waals surface area (Å²) < 4.78 is 0. The van der Waals surface area contributed by atoms with Gasteiger partial charge in [-0.15, -0.1) is 0 Å². The van der Waals surface area contributed by atoms with E-state index in [2.05, 4.69) is 87.4 Å². The van der Waals surface area contributed by atoms with Crippen molar-refractivity contribution in [2.24, 2.45) is 0 Å². The summed E-state index contributed by atoms with van der Waals surface area (Å²) in [6.45, 7) is 22.8. The topological polar surface area (TPSA) is 60.7 Å². The fourth-order valence-electron chi connectivity index (χ4n) is 8.26. The van der Waals surface area contributed by atoms with E-state index in [0.717, 1.165) is 32.1 Å². The Morgan fingerprint density at radius 2 is 0.755 bits per heavy atom. The molecule has 0 saturated heterocycles. The zero-order chi connectivity index (χ0) is 39.2. The average Bonchev–Trinajstić information content (AvgIpc) is 3.13. The van der Waals surface area contributed by atoms with E-state index in [0.29, 0.717) is 17.2 Å². The fourth-order valence-corrected chi connectivity index (χ4v) is 8.26. The van der Waals surface area contributed by atoms with Crippen molar-refractivity contribution in [3.8, 4) is 17.2 Å². The quantitative estimate of drug-likeness (QED) is 0.0806. The van der Waals surface area contributed by atoms with E-state index < -0.39 is 0 Å². The lowest BCUT2D eigenvalue weighted by Crippen LogP contribution is -2.25. The van der Waals surface area contributed by atoms with Crippen molar-refractivity contribution in [3.63, 3.8) is 0 Å². The molecule has 3 aromatic carbocycles. The van der Waals surface area contributed by atoms with Crippen LogP contribution in [0.15, 0.2) is 54.6 Å². The van der Waals surface area contributed by atoms with Crippen molar-refractivity contribution < 1.29 is 15.3 Å². The van der Waals surface area contributed by atoms with E-state index in [4.69, 9.17) is 0 Å². The van der Waals surface area contributed by atoms with Gasteiger partial charge in [0.1, 0.15) is 17.2 Å². The van der Waals surface area contributed by atoms with Gasteiger partial charge in [-0.2, -0.15) is 0 Å². The van der Waals surface area contributed by atoms with Crippen molar-refractivity contribution >= 4 is 0 Å². The Labute approximate surface area is 326 Å². The zero-order valence-electron chi connectivity index (χ0n) is 35.7. The summed E-state index contributed by atoms with van der Waals surface area (Å²) in [6.07, 6.45) is 20.9. The molecule has 0 heterocycles. The van der Waals surface area contributed by atoms with E-state index in [1.54, 1.807) is 0 Å². The lowest BCUT2D eigenvalue weighted by atomic mass is 9.68. The van der Waals surface area contributed by atoms with E-state index >= 15 is 0 Å². The SMILES string of the molecule is CCCCCCCCCCCCCCC(CC(c1ccc(O)cc1C(C)(C)CC)c1ccc(O)cc1C(C)(C)CC)c1ccc(O)cc1C(C)(C)CC. The van der Waals surface area contributed by atoms with Crippen LogP contribution in [0.3, 0.4) is 0 Å². The smallest absolute Gasteiger partial charge is 0.115 e. The molecule has 0 radical (unpaired) electrons. The first kappa shape index (κ1) is 44.5. The molecule has 1 atom stereocenters. The molecule has 0 aliphatic rings. The van der Waals surface area contributed by atoms with Crippen LogP contribution in [0.5, 0.6) is 17.2 Å². The standard InChI is InChI=1S/C50H78O3/c1-11-15-16-17-18-19-20-21-22-23-24-25-26-37(41-30-27-38(51)34-45(41)48(5,6)12-2)33-44(42-31-28-39(52)35-46(42)49(7,8)13-3)43-32-29-40(53)36-47(43)50(9,10)14-4/h27-32,34-37,44,51-53H,11-26,33H2,1-10H3. The molecule has 0 amide bonds. The summed E-state index contributed by atoms with van der Waals surface area (Å²) in [7, 11) is 0. The number of hydrogen-bond acceptors (Lipinski definition) is 3. The summed E-state index contributed by atoms with van der Waals surface area (Å²) in [5.41, 5.74) is 7.18.